The molecular weight excluding hydrogens is 288 g/mol. The van der Waals surface area contributed by atoms with Crippen molar-refractivity contribution in [3.05, 3.63) is 47.5 Å². The molecule has 22 heavy (non-hydrogen) atoms. The Bertz CT molecular complexity index is 528. The van der Waals surface area contributed by atoms with Crippen molar-refractivity contribution in [2.24, 2.45) is 0 Å². The molecule has 1 aliphatic carbocycles. The Morgan fingerprint density at radius 2 is 1.82 bits per heavy atom. The Kier molecular flexibility index (Phi) is 5.00. The quantitative estimate of drug-likeness (QED) is 0.625. The number of hydrogen-bond donors (Lipinski definition) is 1. The molecule has 1 N–H and O–H groups in total. The van der Waals surface area contributed by atoms with Crippen LogP contribution in [0.1, 0.15) is 45.6 Å². The van der Waals surface area contributed by atoms with E-state index in [1.807, 2.05) is 30.3 Å². The van der Waals surface area contributed by atoms with Crippen molar-refractivity contribution in [2.45, 2.75) is 63.8 Å². The van der Waals surface area contributed by atoms with Crippen LogP contribution >= 0.6 is 0 Å². The monoisotopic (exact) mass is 318 g/mol. The minimum atomic E-state index is -1.80. The van der Waals surface area contributed by atoms with Crippen LogP contribution in [0.5, 0.6) is 0 Å². The van der Waals surface area contributed by atoms with Crippen LogP contribution < -0.4 is 0 Å². The molecule has 2 rings (SSSR count). The van der Waals surface area contributed by atoms with E-state index in [1.165, 1.54) is 0 Å². The maximum absolute atomic E-state index is 11.3. The maximum atomic E-state index is 11.3. The molecule has 1 aromatic carbocycles. The first-order valence-electron chi connectivity index (χ1n) is 8.28. The maximum Gasteiger partial charge on any atom is 0.192 e. The standard InChI is InChI=1S/C19H30O2Si/c1-18(2,3)22(4,5)21-15-17-13-9-10-14-19(17,20)16-11-7-6-8-12-16/h6-8,11-13,20H,9-10,14-15H2,1-5H3. The number of hydrogen-bond acceptors (Lipinski definition) is 2. The van der Waals surface area contributed by atoms with Gasteiger partial charge in [0.15, 0.2) is 8.32 Å². The Labute approximate surface area is 136 Å². The molecule has 0 saturated carbocycles. The lowest BCUT2D eigenvalue weighted by Crippen LogP contribution is -2.43. The summed E-state index contributed by atoms with van der Waals surface area (Å²) < 4.78 is 6.36. The number of benzene rings is 1. The molecule has 1 unspecified atom stereocenters. The van der Waals surface area contributed by atoms with E-state index >= 15 is 0 Å². The smallest absolute Gasteiger partial charge is 0.192 e. The van der Waals surface area contributed by atoms with E-state index < -0.39 is 13.9 Å². The topological polar surface area (TPSA) is 29.5 Å². The van der Waals surface area contributed by atoms with Crippen molar-refractivity contribution in [1.29, 1.82) is 0 Å². The first-order valence-corrected chi connectivity index (χ1v) is 11.2. The number of aliphatic hydroxyl groups is 1. The van der Waals surface area contributed by atoms with Crippen LogP contribution in [0.15, 0.2) is 42.0 Å². The summed E-state index contributed by atoms with van der Waals surface area (Å²) in [5.74, 6) is 0. The highest BCUT2D eigenvalue weighted by Gasteiger charge is 2.40. The molecule has 122 valence electrons. The van der Waals surface area contributed by atoms with Gasteiger partial charge in [-0.25, -0.2) is 0 Å². The van der Waals surface area contributed by atoms with Gasteiger partial charge >= 0.3 is 0 Å². The second-order valence-electron chi connectivity index (χ2n) is 7.90. The van der Waals surface area contributed by atoms with E-state index in [1.54, 1.807) is 0 Å². The zero-order chi connectivity index (χ0) is 16.4. The summed E-state index contributed by atoms with van der Waals surface area (Å²) in [5, 5.41) is 11.5. The lowest BCUT2D eigenvalue weighted by Gasteiger charge is -2.40. The molecule has 0 amide bonds. The summed E-state index contributed by atoms with van der Waals surface area (Å²) in [7, 11) is -1.80. The van der Waals surface area contributed by atoms with E-state index in [0.29, 0.717) is 6.61 Å². The lowest BCUT2D eigenvalue weighted by molar-refractivity contribution is 0.0477. The highest BCUT2D eigenvalue weighted by atomic mass is 28.4. The van der Waals surface area contributed by atoms with E-state index in [4.69, 9.17) is 4.43 Å². The fourth-order valence-electron chi connectivity index (χ4n) is 2.66. The van der Waals surface area contributed by atoms with Gasteiger partial charge in [0.1, 0.15) is 5.60 Å². The second-order valence-corrected chi connectivity index (χ2v) is 12.7. The summed E-state index contributed by atoms with van der Waals surface area (Å²) in [6.07, 6.45) is 5.02. The summed E-state index contributed by atoms with van der Waals surface area (Å²) in [4.78, 5) is 0. The molecule has 2 nitrogen and oxygen atoms in total. The molecule has 0 heterocycles. The van der Waals surface area contributed by atoms with Crippen LogP contribution in [0.3, 0.4) is 0 Å². The minimum absolute atomic E-state index is 0.188. The summed E-state index contributed by atoms with van der Waals surface area (Å²) in [5.41, 5.74) is 1.16. The minimum Gasteiger partial charge on any atom is -0.413 e. The van der Waals surface area contributed by atoms with Crippen LogP contribution in [0.4, 0.5) is 0 Å². The highest BCUT2D eigenvalue weighted by Crippen LogP contribution is 2.41. The summed E-state index contributed by atoms with van der Waals surface area (Å²) in [6, 6.07) is 10.0. The van der Waals surface area contributed by atoms with Crippen molar-refractivity contribution in [3.8, 4) is 0 Å². The van der Waals surface area contributed by atoms with Crippen molar-refractivity contribution < 1.29 is 9.53 Å². The predicted molar refractivity (Wildman–Crippen MR) is 95.4 cm³/mol. The average molecular weight is 319 g/mol. The molecule has 0 spiro atoms. The molecule has 3 heteroatoms. The third kappa shape index (κ3) is 3.53. The van der Waals surface area contributed by atoms with Gasteiger partial charge in [0, 0.05) is 0 Å². The molecule has 1 aliphatic rings. The van der Waals surface area contributed by atoms with E-state index in [2.05, 4.69) is 39.9 Å². The first kappa shape index (κ1) is 17.5. The third-order valence-corrected chi connectivity index (χ3v) is 9.79. The molecule has 0 aliphatic heterocycles. The molecule has 0 saturated heterocycles. The van der Waals surface area contributed by atoms with Crippen molar-refractivity contribution in [3.63, 3.8) is 0 Å². The molecule has 1 aromatic rings. The molecule has 0 radical (unpaired) electrons. The Hall–Kier alpha value is -0.903. The molecule has 0 fully saturated rings. The molecule has 0 bridgehead atoms. The van der Waals surface area contributed by atoms with Crippen molar-refractivity contribution in [1.82, 2.24) is 0 Å². The zero-order valence-corrected chi connectivity index (χ0v) is 15.6. The molecule has 1 atom stereocenters. The Morgan fingerprint density at radius 3 is 2.41 bits per heavy atom. The van der Waals surface area contributed by atoms with Crippen molar-refractivity contribution >= 4 is 8.32 Å². The molecular formula is C19H30O2Si. The highest BCUT2D eigenvalue weighted by molar-refractivity contribution is 6.74. The largest absolute Gasteiger partial charge is 0.413 e. The first-order chi connectivity index (χ1) is 10.2. The Balaban J connectivity index is 2.20. The van der Waals surface area contributed by atoms with E-state index in [0.717, 1.165) is 30.4 Å². The Morgan fingerprint density at radius 1 is 1.18 bits per heavy atom. The zero-order valence-electron chi connectivity index (χ0n) is 14.6. The fraction of sp³-hybridized carbons (Fsp3) is 0.579. The average Bonchev–Trinajstić information content (AvgIpc) is 2.46. The lowest BCUT2D eigenvalue weighted by atomic mass is 9.78. The van der Waals surface area contributed by atoms with Gasteiger partial charge in [-0.05, 0) is 48.5 Å². The SMILES string of the molecule is CC(C)(C)[Si](C)(C)OCC1=CCCCC1(O)c1ccccc1. The predicted octanol–water partition coefficient (Wildman–Crippen LogP) is 5.01. The van der Waals surface area contributed by atoms with Gasteiger partial charge in [-0.1, -0.05) is 57.2 Å². The normalized spacial score (nSPS) is 23.3. The van der Waals surface area contributed by atoms with Crippen LogP contribution in [0.25, 0.3) is 0 Å². The molecule has 0 aromatic heterocycles. The van der Waals surface area contributed by atoms with Gasteiger partial charge in [0.25, 0.3) is 0 Å². The van der Waals surface area contributed by atoms with Gasteiger partial charge in [0.05, 0.1) is 6.61 Å². The van der Waals surface area contributed by atoms with Crippen LogP contribution in [-0.4, -0.2) is 20.0 Å². The van der Waals surface area contributed by atoms with Crippen LogP contribution in [0.2, 0.25) is 18.1 Å². The van der Waals surface area contributed by atoms with Gasteiger partial charge in [-0.3, -0.25) is 0 Å². The summed E-state index contributed by atoms with van der Waals surface area (Å²) >= 11 is 0. The van der Waals surface area contributed by atoms with Crippen molar-refractivity contribution in [2.75, 3.05) is 6.61 Å². The number of allylic oxidation sites excluding steroid dienone is 1. The van der Waals surface area contributed by atoms with Gasteiger partial charge in [-0.15, -0.1) is 0 Å². The van der Waals surface area contributed by atoms with E-state index in [9.17, 15) is 5.11 Å². The van der Waals surface area contributed by atoms with Gasteiger partial charge in [0.2, 0.25) is 0 Å². The summed E-state index contributed by atoms with van der Waals surface area (Å²) in [6.45, 7) is 11.8. The second kappa shape index (κ2) is 6.30. The fourth-order valence-corrected chi connectivity index (χ4v) is 3.61. The third-order valence-electron chi connectivity index (χ3n) is 5.31. The van der Waals surface area contributed by atoms with Crippen LogP contribution in [-0.2, 0) is 10.0 Å². The van der Waals surface area contributed by atoms with Gasteiger partial charge in [-0.2, -0.15) is 0 Å². The van der Waals surface area contributed by atoms with E-state index in [-0.39, 0.29) is 5.04 Å². The van der Waals surface area contributed by atoms with Crippen LogP contribution in [0, 0.1) is 0 Å². The van der Waals surface area contributed by atoms with Gasteiger partial charge < -0.3 is 9.53 Å². The number of rotatable bonds is 4.